The number of rotatable bonds is 3. The first-order chi connectivity index (χ1) is 11.7. The van der Waals surface area contributed by atoms with Gasteiger partial charge in [-0.3, -0.25) is 4.40 Å². The Labute approximate surface area is 138 Å². The lowest BCUT2D eigenvalue weighted by Gasteiger charge is -2.01. The Kier molecular flexibility index (Phi) is 3.30. The fourth-order valence-corrected chi connectivity index (χ4v) is 2.74. The summed E-state index contributed by atoms with van der Waals surface area (Å²) in [4.78, 5) is 17.0. The normalized spacial score (nSPS) is 11.2. The third kappa shape index (κ3) is 2.15. The van der Waals surface area contributed by atoms with Crippen molar-refractivity contribution in [2.24, 2.45) is 0 Å². The second kappa shape index (κ2) is 5.49. The van der Waals surface area contributed by atoms with Gasteiger partial charge >= 0.3 is 5.97 Å². The number of imidazole rings is 1. The molecule has 0 aliphatic carbocycles. The smallest absolute Gasteiger partial charge is 0.376 e. The fraction of sp³-hybridized carbons (Fsp3) is 0.167. The van der Waals surface area contributed by atoms with E-state index in [1.807, 2.05) is 55.5 Å². The molecule has 24 heavy (non-hydrogen) atoms. The summed E-state index contributed by atoms with van der Waals surface area (Å²) in [6, 6.07) is 15.6. The van der Waals surface area contributed by atoms with Crippen LogP contribution in [0, 0.1) is 6.92 Å². The Balaban J connectivity index is 2.03. The van der Waals surface area contributed by atoms with E-state index in [0.29, 0.717) is 12.4 Å². The van der Waals surface area contributed by atoms with Gasteiger partial charge in [-0.15, -0.1) is 5.10 Å². The van der Waals surface area contributed by atoms with Crippen molar-refractivity contribution in [3.63, 3.8) is 0 Å². The molecule has 0 N–H and O–H groups in total. The van der Waals surface area contributed by atoms with Crippen molar-refractivity contribution in [3.8, 4) is 5.69 Å². The number of hydrogen-bond donors (Lipinski definition) is 0. The minimum Gasteiger partial charge on any atom is -0.460 e. The van der Waals surface area contributed by atoms with Crippen molar-refractivity contribution in [2.75, 3.05) is 6.61 Å². The van der Waals surface area contributed by atoms with Gasteiger partial charge in [0.15, 0.2) is 0 Å². The third-order valence-electron chi connectivity index (χ3n) is 3.88. The van der Waals surface area contributed by atoms with Crippen molar-refractivity contribution < 1.29 is 9.53 Å². The number of carbonyl (C=O) groups is 1. The van der Waals surface area contributed by atoms with Gasteiger partial charge in [0.25, 0.3) is 0 Å². The van der Waals surface area contributed by atoms with Crippen LogP contribution in [0.2, 0.25) is 0 Å². The number of hydrogen-bond acceptors (Lipinski definition) is 4. The topological polar surface area (TPSA) is 61.4 Å². The molecule has 6 nitrogen and oxygen atoms in total. The quantitative estimate of drug-likeness (QED) is 0.544. The van der Waals surface area contributed by atoms with E-state index in [4.69, 9.17) is 4.74 Å². The summed E-state index contributed by atoms with van der Waals surface area (Å²) < 4.78 is 8.57. The van der Waals surface area contributed by atoms with Crippen LogP contribution in [0.1, 0.15) is 23.1 Å². The largest absolute Gasteiger partial charge is 0.460 e. The molecule has 0 atom stereocenters. The van der Waals surface area contributed by atoms with E-state index in [0.717, 1.165) is 22.3 Å². The second-order valence-electron chi connectivity index (χ2n) is 5.53. The molecule has 4 rings (SSSR count). The number of ether oxygens (including phenoxy) is 1. The zero-order chi connectivity index (χ0) is 16.7. The van der Waals surface area contributed by atoms with Crippen LogP contribution in [0.25, 0.3) is 22.5 Å². The minimum absolute atomic E-state index is 0.223. The number of aromatic nitrogens is 4. The van der Waals surface area contributed by atoms with Gasteiger partial charge in [0.05, 0.1) is 23.3 Å². The van der Waals surface area contributed by atoms with Crippen molar-refractivity contribution in [1.29, 1.82) is 0 Å². The maximum atomic E-state index is 12.4. The summed E-state index contributed by atoms with van der Waals surface area (Å²) >= 11 is 0. The van der Waals surface area contributed by atoms with E-state index < -0.39 is 5.97 Å². The lowest BCUT2D eigenvalue weighted by molar-refractivity contribution is 0.0510. The van der Waals surface area contributed by atoms with Crippen molar-refractivity contribution >= 4 is 22.8 Å². The highest BCUT2D eigenvalue weighted by Crippen LogP contribution is 2.21. The van der Waals surface area contributed by atoms with Gasteiger partial charge in [-0.25, -0.2) is 9.78 Å². The van der Waals surface area contributed by atoms with Gasteiger partial charge in [-0.1, -0.05) is 29.8 Å². The number of aryl methyl sites for hydroxylation is 1. The Bertz CT molecular complexity index is 1040. The van der Waals surface area contributed by atoms with E-state index in [2.05, 4.69) is 10.1 Å². The first-order valence-electron chi connectivity index (χ1n) is 7.79. The molecule has 0 aliphatic heterocycles. The van der Waals surface area contributed by atoms with Gasteiger partial charge in [0.2, 0.25) is 11.6 Å². The van der Waals surface area contributed by atoms with Gasteiger partial charge < -0.3 is 4.74 Å². The summed E-state index contributed by atoms with van der Waals surface area (Å²) in [6.45, 7) is 4.10. The van der Waals surface area contributed by atoms with Crippen LogP contribution < -0.4 is 0 Å². The standard InChI is InChI=1S/C18H16N4O2/c1-3-24-17(23)16-20-22(13-10-8-12(2)9-11-13)18-19-14-6-4-5-7-15(14)21(16)18/h4-11H,3H2,1-2H3. The van der Waals surface area contributed by atoms with E-state index in [-0.39, 0.29) is 5.82 Å². The molecule has 0 saturated carbocycles. The minimum atomic E-state index is -0.462. The highest BCUT2D eigenvalue weighted by molar-refractivity contribution is 5.90. The summed E-state index contributed by atoms with van der Waals surface area (Å²) in [5.74, 6) is 0.348. The highest BCUT2D eigenvalue weighted by Gasteiger charge is 2.22. The molecular formula is C18H16N4O2. The number of fused-ring (bicyclic) bond motifs is 3. The average Bonchev–Trinajstić information content (AvgIpc) is 3.13. The molecule has 0 spiro atoms. The molecule has 0 amide bonds. The number of benzene rings is 2. The Morgan fingerprint density at radius 2 is 1.88 bits per heavy atom. The second-order valence-corrected chi connectivity index (χ2v) is 5.53. The van der Waals surface area contributed by atoms with E-state index in [1.165, 1.54) is 0 Å². The van der Waals surface area contributed by atoms with Crippen LogP contribution in [-0.2, 0) is 4.74 Å². The maximum Gasteiger partial charge on any atom is 0.376 e. The summed E-state index contributed by atoms with van der Waals surface area (Å²) in [6.07, 6.45) is 0. The van der Waals surface area contributed by atoms with Gasteiger partial charge in [0, 0.05) is 0 Å². The number of para-hydroxylation sites is 2. The lowest BCUT2D eigenvalue weighted by Crippen LogP contribution is -2.10. The van der Waals surface area contributed by atoms with E-state index in [1.54, 1.807) is 16.0 Å². The van der Waals surface area contributed by atoms with Crippen LogP contribution in [0.5, 0.6) is 0 Å². The Morgan fingerprint density at radius 3 is 2.62 bits per heavy atom. The maximum absolute atomic E-state index is 12.4. The zero-order valence-electron chi connectivity index (χ0n) is 13.4. The Hall–Kier alpha value is -3.15. The first-order valence-corrected chi connectivity index (χ1v) is 7.79. The molecule has 2 aromatic carbocycles. The molecule has 0 bridgehead atoms. The van der Waals surface area contributed by atoms with Crippen LogP contribution in [0.15, 0.2) is 48.5 Å². The molecule has 0 aliphatic rings. The lowest BCUT2D eigenvalue weighted by atomic mass is 10.2. The number of esters is 1. The summed E-state index contributed by atoms with van der Waals surface area (Å²) in [5, 5.41) is 4.46. The van der Waals surface area contributed by atoms with Crippen LogP contribution in [0.3, 0.4) is 0 Å². The molecule has 0 unspecified atom stereocenters. The van der Waals surface area contributed by atoms with E-state index >= 15 is 0 Å². The summed E-state index contributed by atoms with van der Waals surface area (Å²) in [5.41, 5.74) is 3.63. The molecule has 0 radical (unpaired) electrons. The number of carbonyl (C=O) groups excluding carboxylic acids is 1. The van der Waals surface area contributed by atoms with Gasteiger partial charge in [-0.05, 0) is 38.1 Å². The molecular weight excluding hydrogens is 304 g/mol. The average molecular weight is 320 g/mol. The van der Waals surface area contributed by atoms with Gasteiger partial charge in [-0.2, -0.15) is 4.68 Å². The molecule has 120 valence electrons. The van der Waals surface area contributed by atoms with Crippen LogP contribution in [-0.4, -0.2) is 31.7 Å². The summed E-state index contributed by atoms with van der Waals surface area (Å²) in [7, 11) is 0. The van der Waals surface area contributed by atoms with Crippen molar-refractivity contribution in [2.45, 2.75) is 13.8 Å². The predicted octanol–water partition coefficient (Wildman–Crippen LogP) is 3.16. The zero-order valence-corrected chi connectivity index (χ0v) is 13.4. The van der Waals surface area contributed by atoms with Crippen molar-refractivity contribution in [3.05, 3.63) is 59.9 Å². The molecule has 0 saturated heterocycles. The molecule has 4 aromatic rings. The third-order valence-corrected chi connectivity index (χ3v) is 3.88. The Morgan fingerprint density at radius 1 is 1.12 bits per heavy atom. The van der Waals surface area contributed by atoms with E-state index in [9.17, 15) is 4.79 Å². The number of nitrogens with zero attached hydrogens (tertiary/aromatic N) is 4. The van der Waals surface area contributed by atoms with Crippen LogP contribution >= 0.6 is 0 Å². The molecule has 0 fully saturated rings. The molecule has 6 heteroatoms. The highest BCUT2D eigenvalue weighted by atomic mass is 16.5. The predicted molar refractivity (Wildman–Crippen MR) is 90.5 cm³/mol. The SMILES string of the molecule is CCOC(=O)c1nn(-c2ccc(C)cc2)c2nc3ccccc3n12. The fourth-order valence-electron chi connectivity index (χ4n) is 2.74. The molecule has 2 aromatic heterocycles. The van der Waals surface area contributed by atoms with Crippen molar-refractivity contribution in [1.82, 2.24) is 19.2 Å². The van der Waals surface area contributed by atoms with Gasteiger partial charge in [0.1, 0.15) is 0 Å². The first kappa shape index (κ1) is 14.4. The monoisotopic (exact) mass is 320 g/mol. The van der Waals surface area contributed by atoms with Crippen LogP contribution in [0.4, 0.5) is 0 Å². The molecule has 2 heterocycles.